The van der Waals surface area contributed by atoms with Crippen LogP contribution < -0.4 is 5.32 Å². The molecule has 0 unspecified atom stereocenters. The molecule has 0 fully saturated rings. The summed E-state index contributed by atoms with van der Waals surface area (Å²) in [5.74, 6) is 0.655. The molecule has 0 aliphatic heterocycles. The average Bonchev–Trinajstić information content (AvgIpc) is 2.94. The third kappa shape index (κ3) is 3.40. The van der Waals surface area contributed by atoms with E-state index in [0.29, 0.717) is 5.92 Å². The normalized spacial score (nSPS) is 11.3. The Kier molecular flexibility index (Phi) is 4.92. The number of aromatic nitrogens is 1. The summed E-state index contributed by atoms with van der Waals surface area (Å²) in [4.78, 5) is 6.23. The average molecular weight is 280 g/mol. The van der Waals surface area contributed by atoms with Crippen LogP contribution in [0.15, 0.2) is 16.8 Å². The van der Waals surface area contributed by atoms with Gasteiger partial charge in [-0.05, 0) is 30.3 Å². The van der Waals surface area contributed by atoms with E-state index in [4.69, 9.17) is 4.98 Å². The minimum atomic E-state index is 0.655. The monoisotopic (exact) mass is 280 g/mol. The van der Waals surface area contributed by atoms with Gasteiger partial charge in [0, 0.05) is 22.4 Å². The van der Waals surface area contributed by atoms with Gasteiger partial charge in [0.05, 0.1) is 5.69 Å². The number of nitrogens with one attached hydrogen (secondary N) is 1. The Bertz CT molecular complexity index is 472. The van der Waals surface area contributed by atoms with Crippen LogP contribution in [0.2, 0.25) is 0 Å². The Morgan fingerprint density at radius 3 is 2.83 bits per heavy atom. The highest BCUT2D eigenvalue weighted by Gasteiger charge is 2.13. The van der Waals surface area contributed by atoms with Crippen LogP contribution in [0.4, 0.5) is 0 Å². The van der Waals surface area contributed by atoms with Crippen molar-refractivity contribution in [1.82, 2.24) is 10.3 Å². The van der Waals surface area contributed by atoms with Crippen molar-refractivity contribution in [2.75, 3.05) is 6.54 Å². The maximum atomic E-state index is 4.83. The van der Waals surface area contributed by atoms with Crippen molar-refractivity contribution in [2.24, 2.45) is 5.92 Å². The summed E-state index contributed by atoms with van der Waals surface area (Å²) in [7, 11) is 0. The molecular weight excluding hydrogens is 260 g/mol. The van der Waals surface area contributed by atoms with Crippen molar-refractivity contribution in [3.63, 3.8) is 0 Å². The molecular formula is C14H20N2S2. The van der Waals surface area contributed by atoms with Crippen LogP contribution in [0.3, 0.4) is 0 Å². The second-order valence-electron chi connectivity index (χ2n) is 4.78. The molecule has 18 heavy (non-hydrogen) atoms. The smallest absolute Gasteiger partial charge is 0.124 e. The second kappa shape index (κ2) is 6.45. The van der Waals surface area contributed by atoms with Gasteiger partial charge in [-0.3, -0.25) is 0 Å². The van der Waals surface area contributed by atoms with Crippen molar-refractivity contribution in [3.05, 3.63) is 27.4 Å². The number of nitrogens with zero attached hydrogens (tertiary/aromatic N) is 1. The van der Waals surface area contributed by atoms with Gasteiger partial charge in [0.1, 0.15) is 5.01 Å². The Morgan fingerprint density at radius 1 is 1.39 bits per heavy atom. The molecule has 2 heterocycles. The molecule has 0 aliphatic carbocycles. The second-order valence-corrected chi connectivity index (χ2v) is 6.64. The molecule has 0 aromatic carbocycles. The lowest BCUT2D eigenvalue weighted by Crippen LogP contribution is -2.12. The minimum Gasteiger partial charge on any atom is -0.312 e. The van der Waals surface area contributed by atoms with Crippen LogP contribution in [0.25, 0.3) is 10.6 Å². The highest BCUT2D eigenvalue weighted by Crippen LogP contribution is 2.30. The van der Waals surface area contributed by atoms with Gasteiger partial charge in [-0.15, -0.1) is 11.3 Å². The molecule has 0 saturated carbocycles. The topological polar surface area (TPSA) is 24.9 Å². The van der Waals surface area contributed by atoms with E-state index in [9.17, 15) is 0 Å². The number of rotatable bonds is 6. The first-order valence-corrected chi connectivity index (χ1v) is 8.18. The van der Waals surface area contributed by atoms with E-state index in [2.05, 4.69) is 42.9 Å². The minimum absolute atomic E-state index is 0.655. The van der Waals surface area contributed by atoms with E-state index in [1.807, 2.05) is 11.3 Å². The lowest BCUT2D eigenvalue weighted by molar-refractivity contribution is 0.628. The largest absolute Gasteiger partial charge is 0.312 e. The molecule has 0 spiro atoms. The first-order valence-electron chi connectivity index (χ1n) is 6.42. The number of thiophene rings is 1. The molecule has 1 N–H and O–H groups in total. The van der Waals surface area contributed by atoms with E-state index < -0.39 is 0 Å². The summed E-state index contributed by atoms with van der Waals surface area (Å²) in [6.07, 6.45) is 1.07. The van der Waals surface area contributed by atoms with Crippen LogP contribution in [0, 0.1) is 5.92 Å². The summed E-state index contributed by atoms with van der Waals surface area (Å²) in [5.41, 5.74) is 2.54. The number of hydrogen-bond donors (Lipinski definition) is 1. The fraction of sp³-hybridized carbons (Fsp3) is 0.500. The number of thiazole rings is 1. The molecule has 0 radical (unpaired) electrons. The van der Waals surface area contributed by atoms with Gasteiger partial charge in [-0.25, -0.2) is 4.98 Å². The summed E-state index contributed by atoms with van der Waals surface area (Å²) in [6.45, 7) is 8.59. The molecule has 0 bridgehead atoms. The third-order valence-electron chi connectivity index (χ3n) is 2.68. The molecule has 0 atom stereocenters. The summed E-state index contributed by atoms with van der Waals surface area (Å²) >= 11 is 3.56. The van der Waals surface area contributed by atoms with Crippen LogP contribution >= 0.6 is 22.7 Å². The fourth-order valence-corrected chi connectivity index (χ4v) is 3.59. The van der Waals surface area contributed by atoms with Gasteiger partial charge in [0.15, 0.2) is 0 Å². The Morgan fingerprint density at radius 2 is 2.22 bits per heavy atom. The quantitative estimate of drug-likeness (QED) is 0.858. The molecule has 2 nitrogen and oxygen atoms in total. The van der Waals surface area contributed by atoms with Gasteiger partial charge in [0.25, 0.3) is 0 Å². The fourth-order valence-electron chi connectivity index (χ4n) is 1.82. The van der Waals surface area contributed by atoms with Crippen molar-refractivity contribution < 1.29 is 0 Å². The van der Waals surface area contributed by atoms with Crippen molar-refractivity contribution in [2.45, 2.75) is 33.7 Å². The molecule has 0 amide bonds. The highest BCUT2D eigenvalue weighted by atomic mass is 32.1. The maximum absolute atomic E-state index is 4.83. The van der Waals surface area contributed by atoms with E-state index in [1.165, 1.54) is 21.1 Å². The molecule has 0 aliphatic rings. The van der Waals surface area contributed by atoms with Gasteiger partial charge >= 0.3 is 0 Å². The van der Waals surface area contributed by atoms with Crippen LogP contribution in [-0.2, 0) is 13.0 Å². The summed E-state index contributed by atoms with van der Waals surface area (Å²) in [6, 6.07) is 2.15. The highest BCUT2D eigenvalue weighted by molar-refractivity contribution is 7.15. The van der Waals surface area contributed by atoms with Crippen LogP contribution in [0.5, 0.6) is 0 Å². The van der Waals surface area contributed by atoms with E-state index in [-0.39, 0.29) is 0 Å². The van der Waals surface area contributed by atoms with Gasteiger partial charge in [0.2, 0.25) is 0 Å². The van der Waals surface area contributed by atoms with Crippen molar-refractivity contribution in [3.8, 4) is 10.6 Å². The SMILES string of the molecule is CCNCc1sc(-c2ccsc2)nc1CC(C)C. The van der Waals surface area contributed by atoms with Crippen LogP contribution in [-0.4, -0.2) is 11.5 Å². The Hall–Kier alpha value is -0.710. The standard InChI is InChI=1S/C14H20N2S2/c1-4-15-8-13-12(7-10(2)3)16-14(18-13)11-5-6-17-9-11/h5-6,9-10,15H,4,7-8H2,1-3H3. The maximum Gasteiger partial charge on any atom is 0.124 e. The number of hydrogen-bond acceptors (Lipinski definition) is 4. The lowest BCUT2D eigenvalue weighted by atomic mass is 10.1. The zero-order valence-electron chi connectivity index (χ0n) is 11.2. The van der Waals surface area contributed by atoms with Gasteiger partial charge in [-0.2, -0.15) is 11.3 Å². The zero-order valence-corrected chi connectivity index (χ0v) is 12.8. The zero-order chi connectivity index (χ0) is 13.0. The predicted molar refractivity (Wildman–Crippen MR) is 81.3 cm³/mol. The molecule has 2 aromatic rings. The predicted octanol–water partition coefficient (Wildman–Crippen LogP) is 4.18. The Labute approximate surface area is 117 Å². The summed E-state index contributed by atoms with van der Waals surface area (Å²) in [5, 5.41) is 8.87. The third-order valence-corrected chi connectivity index (χ3v) is 4.51. The van der Waals surface area contributed by atoms with Gasteiger partial charge in [-0.1, -0.05) is 20.8 Å². The molecule has 2 rings (SSSR count). The van der Waals surface area contributed by atoms with Crippen molar-refractivity contribution >= 4 is 22.7 Å². The van der Waals surface area contributed by atoms with Crippen molar-refractivity contribution in [1.29, 1.82) is 0 Å². The molecule has 0 saturated heterocycles. The van der Waals surface area contributed by atoms with E-state index in [1.54, 1.807) is 11.3 Å². The van der Waals surface area contributed by atoms with Crippen LogP contribution in [0.1, 0.15) is 31.3 Å². The molecule has 4 heteroatoms. The Balaban J connectivity index is 2.25. The molecule has 98 valence electrons. The first-order chi connectivity index (χ1) is 8.70. The first kappa shape index (κ1) is 13.7. The van der Waals surface area contributed by atoms with Gasteiger partial charge < -0.3 is 5.32 Å². The lowest BCUT2D eigenvalue weighted by Gasteiger charge is -2.04. The molecule has 2 aromatic heterocycles. The van der Waals surface area contributed by atoms with E-state index >= 15 is 0 Å². The van der Waals surface area contributed by atoms with E-state index in [0.717, 1.165) is 19.5 Å². The summed E-state index contributed by atoms with van der Waals surface area (Å²) < 4.78 is 0.